The highest BCUT2D eigenvalue weighted by atomic mass is 33.1. The van der Waals surface area contributed by atoms with E-state index in [0.29, 0.717) is 46.2 Å². The number of hydrogen-bond acceptors (Lipinski definition) is 8. The fourth-order valence-corrected chi connectivity index (χ4v) is 4.43. The molecule has 0 heterocycles. The zero-order valence-electron chi connectivity index (χ0n) is 19.6. The van der Waals surface area contributed by atoms with Crippen molar-refractivity contribution in [2.24, 2.45) is 0 Å². The first kappa shape index (κ1) is 29.5. The second-order valence-electron chi connectivity index (χ2n) is 7.81. The highest BCUT2D eigenvalue weighted by molar-refractivity contribution is 8.77. The molecular formula is C21H45NO5S2. The molecule has 0 saturated carbocycles. The van der Waals surface area contributed by atoms with Crippen LogP contribution in [-0.2, 0) is 23.7 Å². The lowest BCUT2D eigenvalue weighted by Gasteiger charge is -2.31. The first-order valence-electron chi connectivity index (χ1n) is 10.9. The monoisotopic (exact) mass is 455 g/mol. The van der Waals surface area contributed by atoms with E-state index in [1.807, 2.05) is 10.8 Å². The molecule has 1 N–H and O–H groups in total. The van der Waals surface area contributed by atoms with E-state index < -0.39 is 0 Å². The summed E-state index contributed by atoms with van der Waals surface area (Å²) >= 11 is 0. The van der Waals surface area contributed by atoms with E-state index >= 15 is 0 Å². The maximum absolute atomic E-state index is 6.18. The average molecular weight is 456 g/mol. The van der Waals surface area contributed by atoms with Crippen LogP contribution in [0.5, 0.6) is 0 Å². The van der Waals surface area contributed by atoms with Crippen LogP contribution in [-0.4, -0.2) is 82.2 Å². The van der Waals surface area contributed by atoms with Gasteiger partial charge in [0.25, 0.3) is 0 Å². The predicted molar refractivity (Wildman–Crippen MR) is 126 cm³/mol. The summed E-state index contributed by atoms with van der Waals surface area (Å²) in [4.78, 5) is -0.314. The van der Waals surface area contributed by atoms with Gasteiger partial charge in [-0.1, -0.05) is 56.2 Å². The van der Waals surface area contributed by atoms with Gasteiger partial charge < -0.3 is 29.0 Å². The predicted octanol–water partition coefficient (Wildman–Crippen LogP) is 4.38. The van der Waals surface area contributed by atoms with Crippen LogP contribution >= 0.6 is 21.6 Å². The van der Waals surface area contributed by atoms with E-state index in [4.69, 9.17) is 23.7 Å². The van der Waals surface area contributed by atoms with E-state index in [-0.39, 0.29) is 9.68 Å². The van der Waals surface area contributed by atoms with Gasteiger partial charge in [-0.05, 0) is 19.9 Å². The topological polar surface area (TPSA) is 58.2 Å². The van der Waals surface area contributed by atoms with Crippen LogP contribution < -0.4 is 5.32 Å². The first-order valence-corrected chi connectivity index (χ1v) is 13.0. The van der Waals surface area contributed by atoms with Gasteiger partial charge >= 0.3 is 0 Å². The maximum Gasteiger partial charge on any atom is 0.123 e. The summed E-state index contributed by atoms with van der Waals surface area (Å²) in [6.07, 6.45) is 1.85. The minimum atomic E-state index is -0.314. The van der Waals surface area contributed by atoms with Crippen molar-refractivity contribution in [2.75, 3.05) is 72.6 Å². The lowest BCUT2D eigenvalue weighted by molar-refractivity contribution is -0.0331. The van der Waals surface area contributed by atoms with Crippen molar-refractivity contribution in [3.63, 3.8) is 0 Å². The summed E-state index contributed by atoms with van der Waals surface area (Å²) in [6.45, 7) is 20.6. The molecule has 0 aromatic heterocycles. The van der Waals surface area contributed by atoms with Gasteiger partial charge in [0.2, 0.25) is 0 Å². The first-order chi connectivity index (χ1) is 13.8. The van der Waals surface area contributed by atoms with E-state index in [0.717, 1.165) is 39.1 Å². The molecule has 0 aromatic carbocycles. The van der Waals surface area contributed by atoms with Gasteiger partial charge in [0, 0.05) is 24.3 Å². The molecule has 8 heteroatoms. The minimum absolute atomic E-state index is 0.170. The third-order valence-electron chi connectivity index (χ3n) is 3.57. The number of hydrogen-bond donors (Lipinski definition) is 1. The van der Waals surface area contributed by atoms with Crippen molar-refractivity contribution < 1.29 is 23.7 Å². The van der Waals surface area contributed by atoms with Crippen LogP contribution in [0.2, 0.25) is 0 Å². The molecule has 0 spiro atoms. The van der Waals surface area contributed by atoms with Gasteiger partial charge in [0.1, 0.15) is 4.93 Å². The van der Waals surface area contributed by atoms with Crippen LogP contribution in [0.25, 0.3) is 0 Å². The van der Waals surface area contributed by atoms with Crippen molar-refractivity contribution in [2.45, 2.75) is 64.1 Å². The highest BCUT2D eigenvalue weighted by Crippen LogP contribution is 2.45. The Morgan fingerprint density at radius 2 is 1.21 bits per heavy atom. The number of ether oxygens (including phenoxy) is 5. The quantitative estimate of drug-likeness (QED) is 0.155. The summed E-state index contributed by atoms with van der Waals surface area (Å²) in [6, 6.07) is 0. The molecule has 0 rings (SSSR count). The highest BCUT2D eigenvalue weighted by Gasteiger charge is 2.29. The number of likely N-dealkylation sites (N-methyl/N-ethyl adjacent to an activating group) is 1. The summed E-state index contributed by atoms with van der Waals surface area (Å²) in [5, 5.41) is 3.23. The Balaban J connectivity index is 4.02. The van der Waals surface area contributed by atoms with Crippen molar-refractivity contribution in [3.8, 4) is 0 Å². The van der Waals surface area contributed by atoms with E-state index in [1.165, 1.54) is 0 Å². The lowest BCUT2D eigenvalue weighted by atomic mass is 10.3. The van der Waals surface area contributed by atoms with Gasteiger partial charge in [-0.3, -0.25) is 0 Å². The SMILES string of the molecule is CCCOCCOCCOC(C)(CCOCCOCCNCC)SSC(C)(C)C. The van der Waals surface area contributed by atoms with Crippen LogP contribution in [0.15, 0.2) is 0 Å². The summed E-state index contributed by atoms with van der Waals surface area (Å²) < 4.78 is 28.7. The third-order valence-corrected chi connectivity index (χ3v) is 7.63. The van der Waals surface area contributed by atoms with Gasteiger partial charge in [0.05, 0.1) is 52.9 Å². The molecule has 0 aliphatic heterocycles. The molecule has 0 fully saturated rings. The second kappa shape index (κ2) is 19.2. The number of nitrogens with one attached hydrogen (secondary N) is 1. The molecule has 1 unspecified atom stereocenters. The molecule has 0 aliphatic rings. The molecular weight excluding hydrogens is 410 g/mol. The molecule has 6 nitrogen and oxygen atoms in total. The summed E-state index contributed by atoms with van der Waals surface area (Å²) in [5.41, 5.74) is 0. The summed E-state index contributed by atoms with van der Waals surface area (Å²) in [5.74, 6) is 0. The number of rotatable bonds is 21. The fourth-order valence-electron chi connectivity index (χ4n) is 2.03. The van der Waals surface area contributed by atoms with Crippen molar-refractivity contribution in [1.82, 2.24) is 5.32 Å². The molecule has 0 saturated heterocycles. The Morgan fingerprint density at radius 3 is 1.79 bits per heavy atom. The molecule has 0 bridgehead atoms. The smallest absolute Gasteiger partial charge is 0.123 e. The Morgan fingerprint density at radius 1 is 0.655 bits per heavy atom. The van der Waals surface area contributed by atoms with E-state index in [9.17, 15) is 0 Å². The zero-order chi connectivity index (χ0) is 21.8. The Hall–Kier alpha value is 0.460. The molecule has 0 amide bonds. The summed E-state index contributed by atoms with van der Waals surface area (Å²) in [7, 11) is 3.62. The van der Waals surface area contributed by atoms with Gasteiger partial charge in [-0.25, -0.2) is 0 Å². The normalized spacial score (nSPS) is 14.3. The molecule has 1 atom stereocenters. The molecule has 176 valence electrons. The van der Waals surface area contributed by atoms with Crippen LogP contribution in [0.1, 0.15) is 54.4 Å². The molecule has 29 heavy (non-hydrogen) atoms. The zero-order valence-corrected chi connectivity index (χ0v) is 21.2. The van der Waals surface area contributed by atoms with Gasteiger partial charge in [0.15, 0.2) is 0 Å². The lowest BCUT2D eigenvalue weighted by Crippen LogP contribution is -2.29. The third kappa shape index (κ3) is 21.5. The Kier molecular flexibility index (Phi) is 19.5. The van der Waals surface area contributed by atoms with E-state index in [2.05, 4.69) is 46.9 Å². The van der Waals surface area contributed by atoms with Gasteiger partial charge in [-0.2, -0.15) is 0 Å². The Labute approximate surface area is 187 Å². The van der Waals surface area contributed by atoms with Crippen LogP contribution in [0.4, 0.5) is 0 Å². The molecule has 0 radical (unpaired) electrons. The fraction of sp³-hybridized carbons (Fsp3) is 1.00. The van der Waals surface area contributed by atoms with Gasteiger partial charge in [-0.15, -0.1) is 0 Å². The minimum Gasteiger partial charge on any atom is -0.379 e. The second-order valence-corrected chi connectivity index (χ2v) is 11.2. The average Bonchev–Trinajstić information content (AvgIpc) is 2.67. The van der Waals surface area contributed by atoms with E-state index in [1.54, 1.807) is 10.8 Å². The maximum atomic E-state index is 6.18. The standard InChI is InChI=1S/C21H45NO5S2/c1-7-11-23-14-17-26-18-19-27-21(6,29-28-20(3,4)5)9-12-24-15-16-25-13-10-22-8-2/h22H,7-19H2,1-6H3. The molecule has 0 aromatic rings. The van der Waals surface area contributed by atoms with Crippen molar-refractivity contribution >= 4 is 21.6 Å². The Bertz CT molecular complexity index is 358. The van der Waals surface area contributed by atoms with Crippen LogP contribution in [0.3, 0.4) is 0 Å². The van der Waals surface area contributed by atoms with Crippen LogP contribution in [0, 0.1) is 0 Å². The largest absolute Gasteiger partial charge is 0.379 e. The van der Waals surface area contributed by atoms with Crippen molar-refractivity contribution in [3.05, 3.63) is 0 Å². The van der Waals surface area contributed by atoms with Crippen molar-refractivity contribution in [1.29, 1.82) is 0 Å². The molecule has 0 aliphatic carbocycles.